The molecule has 27 heavy (non-hydrogen) atoms. The van der Waals surface area contributed by atoms with Crippen LogP contribution in [0.2, 0.25) is 0 Å². The molecule has 0 saturated carbocycles. The predicted octanol–water partition coefficient (Wildman–Crippen LogP) is 5.35. The van der Waals surface area contributed by atoms with Crippen LogP contribution in [-0.4, -0.2) is 18.1 Å². The standard InChI is InChI=1S/C23H31NO3/c1-6-27-23(5,15-17(2)3)22(25)24-20-12-13-21(18(4)14-20)26-16-19-10-8-7-9-11-19/h7-14,17H,6,15-16H2,1-5H3,(H,24,25). The highest BCUT2D eigenvalue weighted by Gasteiger charge is 2.34. The van der Waals surface area contributed by atoms with E-state index in [1.54, 1.807) is 0 Å². The van der Waals surface area contributed by atoms with E-state index >= 15 is 0 Å². The van der Waals surface area contributed by atoms with Crippen LogP contribution in [0, 0.1) is 12.8 Å². The number of hydrogen-bond donors (Lipinski definition) is 1. The summed E-state index contributed by atoms with van der Waals surface area (Å²) in [5, 5.41) is 3.00. The quantitative estimate of drug-likeness (QED) is 0.648. The number of aryl methyl sites for hydroxylation is 1. The lowest BCUT2D eigenvalue weighted by molar-refractivity contribution is -0.140. The first-order chi connectivity index (χ1) is 12.8. The van der Waals surface area contributed by atoms with Crippen molar-refractivity contribution < 1.29 is 14.3 Å². The van der Waals surface area contributed by atoms with Crippen molar-refractivity contribution in [3.05, 3.63) is 59.7 Å². The van der Waals surface area contributed by atoms with E-state index < -0.39 is 5.60 Å². The highest BCUT2D eigenvalue weighted by Crippen LogP contribution is 2.26. The maximum atomic E-state index is 12.8. The lowest BCUT2D eigenvalue weighted by atomic mass is 9.93. The van der Waals surface area contributed by atoms with Crippen molar-refractivity contribution in [1.29, 1.82) is 0 Å². The molecule has 0 spiro atoms. The molecule has 0 aromatic heterocycles. The zero-order valence-corrected chi connectivity index (χ0v) is 17.0. The molecule has 4 nitrogen and oxygen atoms in total. The van der Waals surface area contributed by atoms with Crippen LogP contribution < -0.4 is 10.1 Å². The van der Waals surface area contributed by atoms with Gasteiger partial charge in [-0.1, -0.05) is 44.2 Å². The van der Waals surface area contributed by atoms with Crippen LogP contribution in [0.5, 0.6) is 5.75 Å². The summed E-state index contributed by atoms with van der Waals surface area (Å²) < 4.78 is 11.7. The molecule has 0 radical (unpaired) electrons. The Kier molecular flexibility index (Phi) is 7.43. The topological polar surface area (TPSA) is 47.6 Å². The number of benzene rings is 2. The second-order valence-corrected chi connectivity index (χ2v) is 7.47. The van der Waals surface area contributed by atoms with Crippen molar-refractivity contribution in [2.75, 3.05) is 11.9 Å². The SMILES string of the molecule is CCOC(C)(CC(C)C)C(=O)Nc1ccc(OCc2ccccc2)c(C)c1. The van der Waals surface area contributed by atoms with E-state index in [0.717, 1.165) is 22.6 Å². The number of anilines is 1. The van der Waals surface area contributed by atoms with Gasteiger partial charge in [0.05, 0.1) is 0 Å². The van der Waals surface area contributed by atoms with Crippen molar-refractivity contribution in [2.24, 2.45) is 5.92 Å². The van der Waals surface area contributed by atoms with Gasteiger partial charge >= 0.3 is 0 Å². The Bertz CT molecular complexity index is 743. The van der Waals surface area contributed by atoms with Crippen molar-refractivity contribution in [2.45, 2.75) is 53.2 Å². The van der Waals surface area contributed by atoms with Crippen molar-refractivity contribution in [3.63, 3.8) is 0 Å². The summed E-state index contributed by atoms with van der Waals surface area (Å²) in [6.45, 7) is 10.9. The first kappa shape index (κ1) is 21.0. The van der Waals surface area contributed by atoms with Gasteiger partial charge in [0.1, 0.15) is 18.0 Å². The monoisotopic (exact) mass is 369 g/mol. The fourth-order valence-corrected chi connectivity index (χ4v) is 3.20. The largest absolute Gasteiger partial charge is 0.489 e. The normalized spacial score (nSPS) is 13.3. The summed E-state index contributed by atoms with van der Waals surface area (Å²) in [4.78, 5) is 12.8. The van der Waals surface area contributed by atoms with Gasteiger partial charge in [0.2, 0.25) is 0 Å². The van der Waals surface area contributed by atoms with Crippen LogP contribution in [0.1, 0.15) is 45.2 Å². The van der Waals surface area contributed by atoms with Gasteiger partial charge in [-0.25, -0.2) is 0 Å². The van der Waals surface area contributed by atoms with Crippen molar-refractivity contribution >= 4 is 11.6 Å². The Labute approximate surface area is 162 Å². The maximum absolute atomic E-state index is 12.8. The van der Waals surface area contributed by atoms with E-state index in [1.165, 1.54) is 0 Å². The number of amides is 1. The Balaban J connectivity index is 2.04. The summed E-state index contributed by atoms with van der Waals surface area (Å²) in [7, 11) is 0. The van der Waals surface area contributed by atoms with E-state index in [0.29, 0.717) is 25.6 Å². The maximum Gasteiger partial charge on any atom is 0.256 e. The molecule has 0 bridgehead atoms. The first-order valence-electron chi connectivity index (χ1n) is 9.57. The number of rotatable bonds is 9. The molecule has 0 aliphatic carbocycles. The molecule has 0 saturated heterocycles. The molecule has 0 aliphatic heterocycles. The van der Waals surface area contributed by atoms with Gasteiger partial charge in [-0.3, -0.25) is 4.79 Å². The molecule has 0 heterocycles. The Hall–Kier alpha value is -2.33. The van der Waals surface area contributed by atoms with Gasteiger partial charge in [-0.15, -0.1) is 0 Å². The Morgan fingerprint density at radius 2 is 1.85 bits per heavy atom. The van der Waals surface area contributed by atoms with Gasteiger partial charge in [-0.2, -0.15) is 0 Å². The number of carbonyl (C=O) groups is 1. The number of nitrogens with one attached hydrogen (secondary N) is 1. The summed E-state index contributed by atoms with van der Waals surface area (Å²) >= 11 is 0. The molecule has 146 valence electrons. The predicted molar refractivity (Wildman–Crippen MR) is 110 cm³/mol. The third kappa shape index (κ3) is 6.10. The summed E-state index contributed by atoms with van der Waals surface area (Å²) in [6, 6.07) is 15.7. The minimum atomic E-state index is -0.834. The highest BCUT2D eigenvalue weighted by atomic mass is 16.5. The van der Waals surface area contributed by atoms with Gasteiger partial charge in [0, 0.05) is 12.3 Å². The molecule has 0 fully saturated rings. The molecule has 2 aromatic carbocycles. The summed E-state index contributed by atoms with van der Waals surface area (Å²) in [5.41, 5.74) is 2.01. The fraction of sp³-hybridized carbons (Fsp3) is 0.435. The molecular weight excluding hydrogens is 338 g/mol. The molecule has 2 aromatic rings. The minimum Gasteiger partial charge on any atom is -0.489 e. The van der Waals surface area contributed by atoms with E-state index in [9.17, 15) is 4.79 Å². The molecule has 4 heteroatoms. The van der Waals surface area contributed by atoms with Gasteiger partial charge < -0.3 is 14.8 Å². The zero-order valence-electron chi connectivity index (χ0n) is 17.0. The van der Waals surface area contributed by atoms with Crippen molar-refractivity contribution in [1.82, 2.24) is 0 Å². The van der Waals surface area contributed by atoms with Gasteiger partial charge in [0.25, 0.3) is 5.91 Å². The van der Waals surface area contributed by atoms with E-state index in [1.807, 2.05) is 69.3 Å². The number of carbonyl (C=O) groups excluding carboxylic acids is 1. The van der Waals surface area contributed by atoms with Crippen LogP contribution in [0.3, 0.4) is 0 Å². The lowest BCUT2D eigenvalue weighted by Gasteiger charge is -2.30. The number of ether oxygens (including phenoxy) is 2. The Morgan fingerprint density at radius 3 is 2.44 bits per heavy atom. The molecule has 1 N–H and O–H groups in total. The van der Waals surface area contributed by atoms with Crippen LogP contribution in [-0.2, 0) is 16.1 Å². The van der Waals surface area contributed by atoms with E-state index in [4.69, 9.17) is 9.47 Å². The smallest absolute Gasteiger partial charge is 0.256 e. The summed E-state index contributed by atoms with van der Waals surface area (Å²) in [6.07, 6.45) is 0.671. The lowest BCUT2D eigenvalue weighted by Crippen LogP contribution is -2.44. The molecular formula is C23H31NO3. The summed E-state index contributed by atoms with van der Waals surface area (Å²) in [5.74, 6) is 1.06. The second kappa shape index (κ2) is 9.56. The van der Waals surface area contributed by atoms with E-state index in [-0.39, 0.29) is 5.91 Å². The average molecular weight is 370 g/mol. The first-order valence-corrected chi connectivity index (χ1v) is 9.57. The second-order valence-electron chi connectivity index (χ2n) is 7.47. The van der Waals surface area contributed by atoms with Gasteiger partial charge in [-0.05, 0) is 62.4 Å². The Morgan fingerprint density at radius 1 is 1.15 bits per heavy atom. The average Bonchev–Trinajstić information content (AvgIpc) is 2.61. The van der Waals surface area contributed by atoms with Gasteiger partial charge in [0.15, 0.2) is 0 Å². The zero-order chi connectivity index (χ0) is 19.9. The van der Waals surface area contributed by atoms with Crippen LogP contribution in [0.25, 0.3) is 0 Å². The third-order valence-electron chi connectivity index (χ3n) is 4.41. The van der Waals surface area contributed by atoms with Crippen LogP contribution >= 0.6 is 0 Å². The number of hydrogen-bond acceptors (Lipinski definition) is 3. The minimum absolute atomic E-state index is 0.115. The van der Waals surface area contributed by atoms with Crippen molar-refractivity contribution in [3.8, 4) is 5.75 Å². The fourth-order valence-electron chi connectivity index (χ4n) is 3.20. The van der Waals surface area contributed by atoms with Crippen LogP contribution in [0.15, 0.2) is 48.5 Å². The van der Waals surface area contributed by atoms with E-state index in [2.05, 4.69) is 19.2 Å². The molecule has 2 rings (SSSR count). The highest BCUT2D eigenvalue weighted by molar-refractivity contribution is 5.97. The van der Waals surface area contributed by atoms with Crippen LogP contribution in [0.4, 0.5) is 5.69 Å². The molecule has 1 amide bonds. The molecule has 0 aliphatic rings. The molecule has 1 atom stereocenters. The molecule has 1 unspecified atom stereocenters. The third-order valence-corrected chi connectivity index (χ3v) is 4.41.